The van der Waals surface area contributed by atoms with Crippen LogP contribution in [0.15, 0.2) is 24.3 Å². The number of hydrogen-bond acceptors (Lipinski definition) is 3. The minimum absolute atomic E-state index is 0.352. The number of ether oxygens (including phenoxy) is 1. The summed E-state index contributed by atoms with van der Waals surface area (Å²) >= 11 is 0. The van der Waals surface area contributed by atoms with Crippen molar-refractivity contribution in [2.24, 2.45) is 5.41 Å². The van der Waals surface area contributed by atoms with Crippen LogP contribution in [0.3, 0.4) is 0 Å². The SMILES string of the molecule is CC1(C(OC(=O)C(F)(F)F)c2ccc(F)cc2)CCCNC1. The number of rotatable bonds is 3. The normalized spacial score (nSPS) is 23.9. The van der Waals surface area contributed by atoms with Crippen molar-refractivity contribution in [1.82, 2.24) is 5.32 Å². The third kappa shape index (κ3) is 3.76. The molecular formula is C15H17F4NO2. The van der Waals surface area contributed by atoms with E-state index in [4.69, 9.17) is 4.74 Å². The van der Waals surface area contributed by atoms with Crippen LogP contribution < -0.4 is 5.32 Å². The molecule has 122 valence electrons. The number of esters is 1. The van der Waals surface area contributed by atoms with Gasteiger partial charge in [0, 0.05) is 12.0 Å². The molecule has 0 saturated carbocycles. The van der Waals surface area contributed by atoms with Crippen LogP contribution in [0.5, 0.6) is 0 Å². The molecule has 2 unspecified atom stereocenters. The molecule has 1 N–H and O–H groups in total. The Labute approximate surface area is 125 Å². The van der Waals surface area contributed by atoms with Gasteiger partial charge in [-0.25, -0.2) is 9.18 Å². The second-order valence-corrected chi connectivity index (χ2v) is 5.77. The van der Waals surface area contributed by atoms with Gasteiger partial charge in [-0.3, -0.25) is 0 Å². The van der Waals surface area contributed by atoms with Crippen molar-refractivity contribution < 1.29 is 27.1 Å². The van der Waals surface area contributed by atoms with Gasteiger partial charge >= 0.3 is 12.1 Å². The molecule has 22 heavy (non-hydrogen) atoms. The lowest BCUT2D eigenvalue weighted by Crippen LogP contribution is -2.44. The molecule has 1 heterocycles. The van der Waals surface area contributed by atoms with Gasteiger partial charge in [0.15, 0.2) is 0 Å². The van der Waals surface area contributed by atoms with Crippen molar-refractivity contribution in [2.75, 3.05) is 13.1 Å². The number of benzene rings is 1. The zero-order valence-corrected chi connectivity index (χ0v) is 12.0. The van der Waals surface area contributed by atoms with Crippen molar-refractivity contribution in [2.45, 2.75) is 32.0 Å². The number of nitrogens with one attached hydrogen (secondary N) is 1. The van der Waals surface area contributed by atoms with Crippen LogP contribution in [-0.4, -0.2) is 25.2 Å². The van der Waals surface area contributed by atoms with E-state index in [1.165, 1.54) is 12.1 Å². The van der Waals surface area contributed by atoms with Crippen LogP contribution in [0.25, 0.3) is 0 Å². The third-order valence-electron chi connectivity index (χ3n) is 3.89. The van der Waals surface area contributed by atoms with Gasteiger partial charge in [0.05, 0.1) is 0 Å². The minimum atomic E-state index is -5.06. The van der Waals surface area contributed by atoms with E-state index in [0.29, 0.717) is 18.5 Å². The number of halogens is 4. The Morgan fingerprint density at radius 3 is 2.45 bits per heavy atom. The fourth-order valence-corrected chi connectivity index (χ4v) is 2.73. The summed E-state index contributed by atoms with van der Waals surface area (Å²) in [6, 6.07) is 4.99. The largest absolute Gasteiger partial charge is 0.490 e. The molecule has 2 rings (SSSR count). The highest BCUT2D eigenvalue weighted by Gasteiger charge is 2.46. The number of carbonyl (C=O) groups is 1. The lowest BCUT2D eigenvalue weighted by atomic mass is 9.75. The van der Waals surface area contributed by atoms with Gasteiger partial charge in [-0.2, -0.15) is 13.2 Å². The van der Waals surface area contributed by atoms with Crippen molar-refractivity contribution in [3.63, 3.8) is 0 Å². The molecule has 0 spiro atoms. The van der Waals surface area contributed by atoms with Crippen molar-refractivity contribution in [1.29, 1.82) is 0 Å². The maximum Gasteiger partial charge on any atom is 0.490 e. The van der Waals surface area contributed by atoms with Gasteiger partial charge in [0.2, 0.25) is 0 Å². The van der Waals surface area contributed by atoms with Crippen LogP contribution >= 0.6 is 0 Å². The predicted molar refractivity (Wildman–Crippen MR) is 71.5 cm³/mol. The molecule has 0 aromatic heterocycles. The van der Waals surface area contributed by atoms with Crippen molar-refractivity contribution in [3.8, 4) is 0 Å². The molecule has 1 aliphatic heterocycles. The monoisotopic (exact) mass is 319 g/mol. The van der Waals surface area contributed by atoms with Gasteiger partial charge in [-0.15, -0.1) is 0 Å². The summed E-state index contributed by atoms with van der Waals surface area (Å²) in [6.07, 6.45) is -4.78. The van der Waals surface area contributed by atoms with Gasteiger partial charge < -0.3 is 10.1 Å². The second-order valence-electron chi connectivity index (χ2n) is 5.77. The summed E-state index contributed by atoms with van der Waals surface area (Å²) < 4.78 is 55.4. The number of piperidine rings is 1. The van der Waals surface area contributed by atoms with Crippen LogP contribution in [0, 0.1) is 11.2 Å². The fourth-order valence-electron chi connectivity index (χ4n) is 2.73. The van der Waals surface area contributed by atoms with Crippen LogP contribution in [-0.2, 0) is 9.53 Å². The highest BCUT2D eigenvalue weighted by atomic mass is 19.4. The zero-order valence-electron chi connectivity index (χ0n) is 12.0. The summed E-state index contributed by atoms with van der Waals surface area (Å²) in [5.74, 6) is -2.73. The van der Waals surface area contributed by atoms with E-state index in [1.54, 1.807) is 6.92 Å². The molecule has 0 radical (unpaired) electrons. The lowest BCUT2D eigenvalue weighted by molar-refractivity contribution is -0.211. The second kappa shape index (κ2) is 6.24. The summed E-state index contributed by atoms with van der Waals surface area (Å²) in [4.78, 5) is 11.3. The van der Waals surface area contributed by atoms with Gasteiger partial charge in [-0.05, 0) is 37.1 Å². The van der Waals surface area contributed by atoms with E-state index >= 15 is 0 Å². The summed E-state index contributed by atoms with van der Waals surface area (Å²) in [5, 5.41) is 3.10. The first-order valence-corrected chi connectivity index (χ1v) is 6.96. The average Bonchev–Trinajstić information content (AvgIpc) is 2.45. The molecule has 1 fully saturated rings. The maximum absolute atomic E-state index is 13.0. The fraction of sp³-hybridized carbons (Fsp3) is 0.533. The van der Waals surface area contributed by atoms with E-state index in [0.717, 1.165) is 25.1 Å². The third-order valence-corrected chi connectivity index (χ3v) is 3.89. The van der Waals surface area contributed by atoms with Gasteiger partial charge in [0.1, 0.15) is 11.9 Å². The molecule has 0 aliphatic carbocycles. The molecule has 2 atom stereocenters. The average molecular weight is 319 g/mol. The Kier molecular flexibility index (Phi) is 4.75. The number of carbonyl (C=O) groups excluding carboxylic acids is 1. The maximum atomic E-state index is 13.0. The van der Waals surface area contributed by atoms with Crippen LogP contribution in [0.1, 0.15) is 31.4 Å². The van der Waals surface area contributed by atoms with E-state index < -0.39 is 29.5 Å². The quantitative estimate of drug-likeness (QED) is 0.686. The number of alkyl halides is 3. The molecule has 0 bridgehead atoms. The number of hydrogen-bond donors (Lipinski definition) is 1. The summed E-state index contributed by atoms with van der Waals surface area (Å²) in [6.45, 7) is 2.94. The smallest absolute Gasteiger partial charge is 0.450 e. The van der Waals surface area contributed by atoms with E-state index in [2.05, 4.69) is 5.32 Å². The van der Waals surface area contributed by atoms with E-state index in [-0.39, 0.29) is 0 Å². The van der Waals surface area contributed by atoms with E-state index in [9.17, 15) is 22.4 Å². The first-order chi connectivity index (χ1) is 10.2. The Bertz CT molecular complexity index is 521. The first kappa shape index (κ1) is 16.7. The molecule has 0 amide bonds. The minimum Gasteiger partial charge on any atom is -0.450 e. The van der Waals surface area contributed by atoms with Gasteiger partial charge in [0.25, 0.3) is 0 Å². The topological polar surface area (TPSA) is 38.3 Å². The molecule has 1 aliphatic rings. The molecular weight excluding hydrogens is 302 g/mol. The first-order valence-electron chi connectivity index (χ1n) is 6.96. The summed E-state index contributed by atoms with van der Waals surface area (Å²) in [7, 11) is 0. The standard InChI is InChI=1S/C15H17F4NO2/c1-14(7-2-8-20-9-14)12(22-13(21)15(17,18)19)10-3-5-11(16)6-4-10/h3-6,12,20H,2,7-9H2,1H3. The lowest BCUT2D eigenvalue weighted by Gasteiger charge is -2.40. The molecule has 1 aromatic rings. The Hall–Kier alpha value is -1.63. The Morgan fingerprint density at radius 1 is 1.32 bits per heavy atom. The van der Waals surface area contributed by atoms with Crippen molar-refractivity contribution >= 4 is 5.97 Å². The molecule has 1 saturated heterocycles. The van der Waals surface area contributed by atoms with E-state index in [1.807, 2.05) is 0 Å². The van der Waals surface area contributed by atoms with Crippen LogP contribution in [0.2, 0.25) is 0 Å². The zero-order chi connectivity index (χ0) is 16.4. The van der Waals surface area contributed by atoms with Gasteiger partial charge in [-0.1, -0.05) is 19.1 Å². The molecule has 7 heteroatoms. The van der Waals surface area contributed by atoms with Crippen LogP contribution in [0.4, 0.5) is 17.6 Å². The molecule has 1 aromatic carbocycles. The highest BCUT2D eigenvalue weighted by molar-refractivity contribution is 5.76. The highest BCUT2D eigenvalue weighted by Crippen LogP contribution is 2.42. The summed E-state index contributed by atoms with van der Waals surface area (Å²) in [5.41, 5.74) is -0.332. The molecule has 3 nitrogen and oxygen atoms in total. The predicted octanol–water partition coefficient (Wildman–Crippen LogP) is 3.36. The Balaban J connectivity index is 2.31. The Morgan fingerprint density at radius 2 is 1.95 bits per heavy atom. The van der Waals surface area contributed by atoms with Crippen molar-refractivity contribution in [3.05, 3.63) is 35.6 Å².